The van der Waals surface area contributed by atoms with Crippen molar-refractivity contribution in [1.82, 2.24) is 10.4 Å². The normalized spacial score (nSPS) is 14.5. The van der Waals surface area contributed by atoms with Crippen LogP contribution in [0.5, 0.6) is 0 Å². The number of amides is 3. The van der Waals surface area contributed by atoms with Gasteiger partial charge in [0.2, 0.25) is 17.3 Å². The number of fused-ring (bicyclic) bond motifs is 2. The molecule has 0 aliphatic carbocycles. The van der Waals surface area contributed by atoms with E-state index in [1.807, 2.05) is 6.08 Å². The highest BCUT2D eigenvalue weighted by Gasteiger charge is 2.45. The van der Waals surface area contributed by atoms with Gasteiger partial charge in [-0.1, -0.05) is 68.1 Å². The molecule has 33 heteroatoms. The number of carbonyl (C=O) groups excluding carboxylic acids is 4. The van der Waals surface area contributed by atoms with Gasteiger partial charge in [0.1, 0.15) is 6.54 Å². The number of allylic oxidation sites excluding steroid dienone is 1. The number of nitrogens with one attached hydrogen (secondary N) is 1. The van der Waals surface area contributed by atoms with E-state index in [2.05, 4.69) is 114 Å². The zero-order valence-corrected chi connectivity index (χ0v) is 74.5. The predicted molar refractivity (Wildman–Crippen MR) is 457 cm³/mol. The maximum absolute atomic E-state index is 12.7. The van der Waals surface area contributed by atoms with Crippen LogP contribution in [0.3, 0.4) is 0 Å². The van der Waals surface area contributed by atoms with Crippen LogP contribution in [-0.2, 0) is 149 Å². The molecule has 2 aromatic carbocycles. The Morgan fingerprint density at radius 1 is 0.398 bits per heavy atom. The minimum atomic E-state index is -0.570. The Morgan fingerprint density at radius 3 is 1.10 bits per heavy atom. The van der Waals surface area contributed by atoms with Crippen LogP contribution in [-0.4, -0.2) is 382 Å². The van der Waals surface area contributed by atoms with Gasteiger partial charge in [-0.15, -0.1) is 5.06 Å². The molecular formula is C90H147N4O29+. The van der Waals surface area contributed by atoms with Crippen molar-refractivity contribution < 1.29 is 142 Å². The van der Waals surface area contributed by atoms with Crippen LogP contribution in [0.25, 0.3) is 0 Å². The second-order valence-electron chi connectivity index (χ2n) is 29.4. The molecule has 1 atom stereocenters. The fourth-order valence-corrected chi connectivity index (χ4v) is 12.8. The van der Waals surface area contributed by atoms with Gasteiger partial charge in [0.25, 0.3) is 11.8 Å². The van der Waals surface area contributed by atoms with Gasteiger partial charge < -0.3 is 129 Å². The Kier molecular flexibility index (Phi) is 64.8. The average molecular weight is 1750 g/mol. The number of hydrogen-bond donors (Lipinski definition) is 1. The summed E-state index contributed by atoms with van der Waals surface area (Å²) in [6, 6.07) is 17.0. The smallest absolute Gasteiger partial charge is 0.333 e. The van der Waals surface area contributed by atoms with Crippen LogP contribution in [0.2, 0.25) is 0 Å². The average Bonchev–Trinajstić information content (AvgIpc) is 1.60. The summed E-state index contributed by atoms with van der Waals surface area (Å²) in [5.41, 5.74) is 15.4. The van der Waals surface area contributed by atoms with Gasteiger partial charge in [-0.2, -0.15) is 4.58 Å². The first-order valence-corrected chi connectivity index (χ1v) is 44.1. The van der Waals surface area contributed by atoms with Gasteiger partial charge in [-0.3, -0.25) is 14.4 Å². The third-order valence-corrected chi connectivity index (χ3v) is 19.3. The number of nitrogens with zero attached hydrogens (tertiary/aromatic N) is 3. The van der Waals surface area contributed by atoms with E-state index in [-0.39, 0.29) is 42.0 Å². The molecule has 33 nitrogen and oxygen atoms in total. The highest BCUT2D eigenvalue weighted by Crippen LogP contribution is 2.46. The van der Waals surface area contributed by atoms with Crippen LogP contribution in [0.15, 0.2) is 77.9 Å². The highest BCUT2D eigenvalue weighted by molar-refractivity contribution is 6.03. The van der Waals surface area contributed by atoms with Gasteiger partial charge in [0.15, 0.2) is 0 Å². The number of benzene rings is 2. The van der Waals surface area contributed by atoms with Crippen LogP contribution in [0.1, 0.15) is 103 Å². The molecule has 0 saturated carbocycles. The van der Waals surface area contributed by atoms with Crippen molar-refractivity contribution in [3.05, 3.63) is 89.0 Å². The Bertz CT molecular complexity index is 3170. The lowest BCUT2D eigenvalue weighted by atomic mass is 9.80. The van der Waals surface area contributed by atoms with Crippen molar-refractivity contribution in [3.8, 4) is 0 Å². The lowest BCUT2D eigenvalue weighted by Gasteiger charge is -2.31. The van der Waals surface area contributed by atoms with E-state index in [0.29, 0.717) is 335 Å². The van der Waals surface area contributed by atoms with E-state index in [9.17, 15) is 19.2 Å². The molecule has 1 saturated heterocycles. The third kappa shape index (κ3) is 51.6. The molecule has 2 aromatic rings. The summed E-state index contributed by atoms with van der Waals surface area (Å²) in [5, 5.41) is 3.58. The highest BCUT2D eigenvalue weighted by atomic mass is 16.7. The number of hydroxylamine groups is 2. The predicted octanol–water partition coefficient (Wildman–Crippen LogP) is 7.12. The van der Waals surface area contributed by atoms with Gasteiger partial charge in [0, 0.05) is 75.0 Å². The zero-order chi connectivity index (χ0) is 87.5. The van der Waals surface area contributed by atoms with Crippen molar-refractivity contribution in [2.24, 2.45) is 0 Å². The van der Waals surface area contributed by atoms with E-state index in [1.165, 1.54) is 22.5 Å². The number of imide groups is 1. The molecule has 1 N–H and O–H groups in total. The van der Waals surface area contributed by atoms with E-state index in [4.69, 9.17) is 119 Å². The van der Waals surface area contributed by atoms with Crippen molar-refractivity contribution >= 4 is 40.8 Å². The van der Waals surface area contributed by atoms with Crippen LogP contribution >= 0.6 is 0 Å². The number of para-hydroxylation sites is 2. The number of unbranched alkanes of at least 4 members (excludes halogenated alkanes) is 4. The number of carbonyl (C=O) groups is 4. The van der Waals surface area contributed by atoms with Gasteiger partial charge in [-0.25, -0.2) is 4.79 Å². The Morgan fingerprint density at radius 2 is 0.724 bits per heavy atom. The molecule has 0 aromatic heterocycles. The molecule has 3 aliphatic heterocycles. The summed E-state index contributed by atoms with van der Waals surface area (Å²) >= 11 is 0. The Balaban J connectivity index is 0.681. The molecule has 3 aliphatic rings. The summed E-state index contributed by atoms with van der Waals surface area (Å²) in [6.07, 6.45) is 9.62. The number of anilines is 1. The summed E-state index contributed by atoms with van der Waals surface area (Å²) in [4.78, 5) is 56.3. The van der Waals surface area contributed by atoms with E-state index < -0.39 is 17.8 Å². The Hall–Kier alpha value is -5.89. The fourth-order valence-electron chi connectivity index (χ4n) is 12.8. The molecule has 0 bridgehead atoms. The molecule has 5 rings (SSSR count). The van der Waals surface area contributed by atoms with Crippen LogP contribution in [0, 0.1) is 0 Å². The molecular weight excluding hydrogens is 1600 g/mol. The monoisotopic (exact) mass is 1750 g/mol. The first kappa shape index (κ1) is 108. The molecule has 0 radical (unpaired) electrons. The SMILES string of the molecule is COCCOCCOCCOCCOCCOCCOCCOCCOCCOCCOCCOCCOCCOCCOCCOCCOCCOCCOCCOCCOCCOCCOCCOCCNC(=O)CCCCC[N+]1=C(C=C=C=C=CC2N(CCCCCC(=O)ON3C(=O)CCC3=O)c3ccccc3C2(C)C)C(C)(C)c2ccccc21. The first-order chi connectivity index (χ1) is 60.5. The molecule has 1 fully saturated rings. The molecule has 0 spiro atoms. The maximum atomic E-state index is 12.7. The van der Waals surface area contributed by atoms with Crippen molar-refractivity contribution in [2.75, 3.05) is 342 Å². The second-order valence-corrected chi connectivity index (χ2v) is 29.4. The first-order valence-electron chi connectivity index (χ1n) is 44.1. The zero-order valence-electron chi connectivity index (χ0n) is 74.5. The number of rotatable bonds is 87. The summed E-state index contributed by atoms with van der Waals surface area (Å²) in [5.74, 6) is -1.50. The lowest BCUT2D eigenvalue weighted by Crippen LogP contribution is -2.40. The molecule has 700 valence electrons. The molecule has 123 heavy (non-hydrogen) atoms. The van der Waals surface area contributed by atoms with Crippen molar-refractivity contribution in [1.29, 1.82) is 0 Å². The van der Waals surface area contributed by atoms with Gasteiger partial charge in [0.05, 0.1) is 328 Å². The third-order valence-electron chi connectivity index (χ3n) is 19.3. The standard InChI is InChI=1S/C90H146N4O29/c1-89(2)79-19-13-15-21-81(79)92(83(89)23-9-6-10-24-84-90(3,4)80-20-14-16-22-82(80)93(84)31-18-8-12-26-88(98)123-94-86(96)27-28-87(94)97)30-17-7-11-25-85(95)91-29-32-100-35-36-102-39-40-104-43-44-106-47-48-108-51-52-110-55-56-112-59-60-114-63-64-116-67-68-118-71-72-120-75-76-122-78-77-121-74-73-119-70-69-117-66-65-115-62-61-113-58-57-111-54-53-109-50-49-107-46-45-105-42-41-103-38-37-101-34-33-99-5/h13-16,19-24,84H,7-8,11-12,17-18,25-78H2,1-5H3/p+1. The largest absolute Gasteiger partial charge is 0.382 e. The van der Waals surface area contributed by atoms with E-state index >= 15 is 0 Å². The Labute approximate surface area is 730 Å². The van der Waals surface area contributed by atoms with E-state index in [0.717, 1.165) is 50.9 Å². The number of methoxy groups -OCH3 is 1. The quantitative estimate of drug-likeness (QED) is 0.0298. The minimum absolute atomic E-state index is 0.00950. The molecule has 3 amide bonds. The molecule has 3 heterocycles. The maximum Gasteiger partial charge on any atom is 0.333 e. The summed E-state index contributed by atoms with van der Waals surface area (Å²) < 4.78 is 135. The second kappa shape index (κ2) is 74.1. The molecule has 1 unspecified atom stereocenters. The lowest BCUT2D eigenvalue weighted by molar-refractivity contribution is -0.438. The van der Waals surface area contributed by atoms with E-state index in [1.54, 1.807) is 7.11 Å². The fraction of sp³-hybridized carbons (Fsp3) is 0.756. The van der Waals surface area contributed by atoms with Crippen LogP contribution < -0.4 is 10.2 Å². The van der Waals surface area contributed by atoms with Crippen molar-refractivity contribution in [3.63, 3.8) is 0 Å². The number of hydrogen-bond acceptors (Lipinski definition) is 30. The van der Waals surface area contributed by atoms with Crippen molar-refractivity contribution in [2.45, 2.75) is 109 Å². The summed E-state index contributed by atoms with van der Waals surface area (Å²) in [7, 11) is 1.64. The van der Waals surface area contributed by atoms with Gasteiger partial charge >= 0.3 is 5.97 Å². The summed E-state index contributed by atoms with van der Waals surface area (Å²) in [6.45, 7) is 33.6. The van der Waals surface area contributed by atoms with Gasteiger partial charge in [-0.05, 0) is 63.0 Å². The van der Waals surface area contributed by atoms with Crippen LogP contribution in [0.4, 0.5) is 11.4 Å². The number of ether oxygens (including phenoxy) is 24. The topological polar surface area (TPSA) is 321 Å². The minimum Gasteiger partial charge on any atom is -0.382 e.